The zero-order valence-corrected chi connectivity index (χ0v) is 7.34. The third-order valence-corrected chi connectivity index (χ3v) is 0.604. The van der Waals surface area contributed by atoms with Crippen molar-refractivity contribution >= 4 is 41.3 Å². The quantitative estimate of drug-likeness (QED) is 0.433. The number of carbonyl (C=O) groups is 2. The molecule has 0 aliphatic carbocycles. The van der Waals surface area contributed by atoms with Crippen LogP contribution in [0.15, 0.2) is 0 Å². The van der Waals surface area contributed by atoms with Crippen LogP contribution in [-0.4, -0.2) is 46.4 Å². The first kappa shape index (κ1) is 5.89. The Hall–Kier alpha value is 0.140. The Morgan fingerprint density at radius 2 is 2.11 bits per heavy atom. The first-order valence-electron chi connectivity index (χ1n) is 3.54. The van der Waals surface area contributed by atoms with Crippen LogP contribution in [0.2, 0.25) is 0 Å². The maximum absolute atomic E-state index is 10.5. The minimum atomic E-state index is -2.52. The van der Waals surface area contributed by atoms with Gasteiger partial charge in [0.15, 0.2) is 0 Å². The molecule has 9 heavy (non-hydrogen) atoms. The van der Waals surface area contributed by atoms with Gasteiger partial charge in [-0.3, -0.25) is 4.79 Å². The molecule has 3 nitrogen and oxygen atoms in total. The summed E-state index contributed by atoms with van der Waals surface area (Å²) in [6, 6.07) is 0. The summed E-state index contributed by atoms with van der Waals surface area (Å²) in [7, 11) is 0. The van der Waals surface area contributed by atoms with Crippen molar-refractivity contribution in [3.05, 3.63) is 0 Å². The second-order valence-electron chi connectivity index (χ2n) is 1.39. The van der Waals surface area contributed by atoms with Gasteiger partial charge in [-0.25, -0.2) is 4.79 Å². The van der Waals surface area contributed by atoms with E-state index in [1.807, 2.05) is 0 Å². The van der Waals surface area contributed by atoms with Gasteiger partial charge in [-0.05, 0) is 0 Å². The molecule has 4 heteroatoms. The monoisotopic (exact) mass is 142 g/mol. The molecule has 1 N–H and O–H groups in total. The SMILES string of the molecule is [2H]C([2H])([2H])C(C)C(=O)C(=O)O.[Na]. The molecule has 47 valence electrons. The minimum Gasteiger partial charge on any atom is -0.475 e. The number of rotatable bonds is 2. The van der Waals surface area contributed by atoms with Gasteiger partial charge in [0.25, 0.3) is 0 Å². The number of carbonyl (C=O) groups excluding carboxylic acids is 1. The van der Waals surface area contributed by atoms with Crippen molar-refractivity contribution in [1.82, 2.24) is 0 Å². The average molecular weight is 142 g/mol. The number of carboxylic acids is 1. The van der Waals surface area contributed by atoms with E-state index in [1.54, 1.807) is 0 Å². The third-order valence-electron chi connectivity index (χ3n) is 0.604. The van der Waals surface area contributed by atoms with Gasteiger partial charge in [0.2, 0.25) is 5.78 Å². The second kappa shape index (κ2) is 4.97. The summed E-state index contributed by atoms with van der Waals surface area (Å²) in [4.78, 5) is 20.5. The molecular weight excluding hydrogens is 131 g/mol. The molecule has 0 fully saturated rings. The molecule has 0 rings (SSSR count). The molecule has 0 aliphatic heterocycles. The van der Waals surface area contributed by atoms with Gasteiger partial charge in [-0.15, -0.1) is 0 Å². The maximum Gasteiger partial charge on any atom is 0.372 e. The summed E-state index contributed by atoms with van der Waals surface area (Å²) in [5, 5.41) is 8.12. The van der Waals surface area contributed by atoms with Crippen LogP contribution in [0.5, 0.6) is 0 Å². The normalized spacial score (nSPS) is 17.7. The number of Topliss-reactive ketones (excluding diaryl/α,β-unsaturated/α-hetero) is 1. The number of carboxylic acid groups (broad SMARTS) is 1. The predicted octanol–water partition coefficient (Wildman–Crippen LogP) is -0.0847. The Morgan fingerprint density at radius 1 is 1.67 bits per heavy atom. The molecule has 1 unspecified atom stereocenters. The summed E-state index contributed by atoms with van der Waals surface area (Å²) < 4.78 is 20.1. The van der Waals surface area contributed by atoms with E-state index in [0.29, 0.717) is 0 Å². The summed E-state index contributed by atoms with van der Waals surface area (Å²) in [6.07, 6.45) is 0. The molecular formula is C5H8NaO3. The van der Waals surface area contributed by atoms with E-state index < -0.39 is 24.5 Å². The van der Waals surface area contributed by atoms with Crippen molar-refractivity contribution in [2.24, 2.45) is 5.92 Å². The van der Waals surface area contributed by atoms with E-state index in [9.17, 15) is 9.59 Å². The van der Waals surface area contributed by atoms with Crippen molar-refractivity contribution in [3.8, 4) is 0 Å². The fraction of sp³-hybridized carbons (Fsp3) is 0.600. The van der Waals surface area contributed by atoms with Gasteiger partial charge in [0.1, 0.15) is 0 Å². The van der Waals surface area contributed by atoms with E-state index in [0.717, 1.165) is 6.92 Å². The van der Waals surface area contributed by atoms with Crippen LogP contribution in [0.4, 0.5) is 0 Å². The fourth-order valence-electron chi connectivity index (χ4n) is 0.185. The van der Waals surface area contributed by atoms with Crippen molar-refractivity contribution in [2.45, 2.75) is 13.8 Å². The molecule has 0 saturated heterocycles. The largest absolute Gasteiger partial charge is 0.475 e. The Morgan fingerprint density at radius 3 is 2.22 bits per heavy atom. The van der Waals surface area contributed by atoms with E-state index in [2.05, 4.69) is 0 Å². The molecule has 0 heterocycles. The van der Waals surface area contributed by atoms with Gasteiger partial charge in [-0.2, -0.15) is 0 Å². The number of ketones is 1. The van der Waals surface area contributed by atoms with E-state index >= 15 is 0 Å². The Balaban J connectivity index is 0. The Bertz CT molecular complexity index is 189. The first-order valence-corrected chi connectivity index (χ1v) is 2.04. The van der Waals surface area contributed by atoms with Crippen molar-refractivity contribution in [1.29, 1.82) is 0 Å². The molecule has 1 radical (unpaired) electrons. The van der Waals surface area contributed by atoms with Crippen LogP contribution in [0.1, 0.15) is 17.9 Å². The summed E-state index contributed by atoms with van der Waals surface area (Å²) in [5.41, 5.74) is 0. The van der Waals surface area contributed by atoms with Crippen LogP contribution in [0, 0.1) is 5.92 Å². The maximum atomic E-state index is 10.5. The third kappa shape index (κ3) is 4.63. The molecule has 0 aromatic rings. The standard InChI is InChI=1S/C5H8O3.Na/c1-3(2)4(6)5(7)8;/h3H,1-2H3,(H,7,8);/i1D3;. The molecule has 0 saturated carbocycles. The van der Waals surface area contributed by atoms with Crippen LogP contribution in [0.25, 0.3) is 0 Å². The molecule has 0 aromatic heterocycles. The van der Waals surface area contributed by atoms with Crippen LogP contribution in [0.3, 0.4) is 0 Å². The fourth-order valence-corrected chi connectivity index (χ4v) is 0.185. The summed E-state index contributed by atoms with van der Waals surface area (Å²) in [6.45, 7) is -1.45. The van der Waals surface area contributed by atoms with Crippen molar-refractivity contribution in [2.75, 3.05) is 0 Å². The number of hydrogen-bond acceptors (Lipinski definition) is 2. The van der Waals surface area contributed by atoms with E-state index in [1.165, 1.54) is 0 Å². The molecule has 0 bridgehead atoms. The van der Waals surface area contributed by atoms with Gasteiger partial charge >= 0.3 is 5.97 Å². The van der Waals surface area contributed by atoms with Gasteiger partial charge < -0.3 is 5.11 Å². The summed E-state index contributed by atoms with van der Waals surface area (Å²) >= 11 is 0. The smallest absolute Gasteiger partial charge is 0.372 e. The second-order valence-corrected chi connectivity index (χ2v) is 1.39. The van der Waals surface area contributed by atoms with Crippen LogP contribution < -0.4 is 0 Å². The minimum absolute atomic E-state index is 0. The van der Waals surface area contributed by atoms with Gasteiger partial charge in [0, 0.05) is 39.6 Å². The topological polar surface area (TPSA) is 54.4 Å². The van der Waals surface area contributed by atoms with Crippen molar-refractivity contribution < 1.29 is 18.8 Å². The average Bonchev–Trinajstić information content (AvgIpc) is 1.82. The molecule has 0 spiro atoms. The number of aliphatic carboxylic acids is 1. The predicted molar refractivity (Wildman–Crippen MR) is 33.2 cm³/mol. The van der Waals surface area contributed by atoms with Crippen LogP contribution in [-0.2, 0) is 9.59 Å². The molecule has 1 atom stereocenters. The Kier molecular flexibility index (Phi) is 3.25. The molecule has 0 aliphatic rings. The van der Waals surface area contributed by atoms with Crippen molar-refractivity contribution in [3.63, 3.8) is 0 Å². The first-order chi connectivity index (χ1) is 4.76. The number of hydrogen-bond donors (Lipinski definition) is 1. The van der Waals surface area contributed by atoms with E-state index in [4.69, 9.17) is 9.22 Å². The van der Waals surface area contributed by atoms with E-state index in [-0.39, 0.29) is 29.6 Å². The van der Waals surface area contributed by atoms with Gasteiger partial charge in [-0.1, -0.05) is 13.8 Å². The summed E-state index contributed by atoms with van der Waals surface area (Å²) in [5.74, 6) is -4.40. The molecule has 0 amide bonds. The van der Waals surface area contributed by atoms with Gasteiger partial charge in [0.05, 0.1) is 0 Å². The molecule has 0 aromatic carbocycles. The zero-order chi connectivity index (χ0) is 9.23. The zero-order valence-electron chi connectivity index (χ0n) is 8.34. The Labute approximate surface area is 79.9 Å². The van der Waals surface area contributed by atoms with Crippen LogP contribution >= 0.6 is 0 Å².